The standard InChI is InChI=1S/C19H17F2N3O2/c1-4-7-24-10-22-15-9-12(19(25)26-3)17(16(21)18(15)24)23-14-6-5-11(2)8-13(14)20/h4-6,8-10,23H,1,7H2,2-3H3. The Bertz CT molecular complexity index is 1010. The monoisotopic (exact) mass is 357 g/mol. The van der Waals surface area contributed by atoms with Crippen molar-refractivity contribution in [1.29, 1.82) is 0 Å². The number of halogens is 2. The van der Waals surface area contributed by atoms with Gasteiger partial charge in [0.05, 0.1) is 35.9 Å². The van der Waals surface area contributed by atoms with Gasteiger partial charge in [-0.05, 0) is 30.7 Å². The van der Waals surface area contributed by atoms with E-state index in [2.05, 4.69) is 16.9 Å². The Kier molecular flexibility index (Phi) is 4.71. The number of aryl methyl sites for hydroxylation is 1. The van der Waals surface area contributed by atoms with Crippen LogP contribution in [0.25, 0.3) is 11.0 Å². The third kappa shape index (κ3) is 3.03. The van der Waals surface area contributed by atoms with Crippen LogP contribution < -0.4 is 5.32 Å². The van der Waals surface area contributed by atoms with Gasteiger partial charge in [0.25, 0.3) is 0 Å². The van der Waals surface area contributed by atoms with Gasteiger partial charge in [0.2, 0.25) is 0 Å². The normalized spacial score (nSPS) is 10.8. The smallest absolute Gasteiger partial charge is 0.340 e. The lowest BCUT2D eigenvalue weighted by atomic mass is 10.1. The summed E-state index contributed by atoms with van der Waals surface area (Å²) in [6.45, 7) is 5.71. The fourth-order valence-corrected chi connectivity index (χ4v) is 2.71. The average molecular weight is 357 g/mol. The predicted octanol–water partition coefficient (Wildman–Crippen LogP) is 4.34. The second-order valence-electron chi connectivity index (χ2n) is 5.77. The minimum atomic E-state index is -0.751. The number of aromatic nitrogens is 2. The maximum atomic E-state index is 15.3. The van der Waals surface area contributed by atoms with E-state index in [4.69, 9.17) is 4.74 Å². The molecule has 0 aliphatic carbocycles. The molecule has 1 heterocycles. The van der Waals surface area contributed by atoms with Crippen LogP contribution in [-0.2, 0) is 11.3 Å². The Morgan fingerprint density at radius 3 is 2.81 bits per heavy atom. The molecular weight excluding hydrogens is 340 g/mol. The molecule has 0 aliphatic rings. The molecule has 7 heteroatoms. The first kappa shape index (κ1) is 17.6. The van der Waals surface area contributed by atoms with Crippen LogP contribution in [0.3, 0.4) is 0 Å². The van der Waals surface area contributed by atoms with Gasteiger partial charge >= 0.3 is 5.97 Å². The zero-order chi connectivity index (χ0) is 18.8. The average Bonchev–Trinajstić information content (AvgIpc) is 3.02. The number of anilines is 2. The molecule has 0 saturated carbocycles. The van der Waals surface area contributed by atoms with Crippen molar-refractivity contribution in [3.05, 3.63) is 66.0 Å². The Labute approximate surface area is 148 Å². The number of fused-ring (bicyclic) bond motifs is 1. The van der Waals surface area contributed by atoms with Crippen molar-refractivity contribution >= 4 is 28.4 Å². The molecule has 0 amide bonds. The molecule has 0 saturated heterocycles. The molecule has 0 aliphatic heterocycles. The Morgan fingerprint density at radius 1 is 1.38 bits per heavy atom. The van der Waals surface area contributed by atoms with E-state index in [1.165, 1.54) is 31.6 Å². The van der Waals surface area contributed by atoms with Crippen LogP contribution in [0.1, 0.15) is 15.9 Å². The van der Waals surface area contributed by atoms with E-state index in [9.17, 15) is 9.18 Å². The van der Waals surface area contributed by atoms with Crippen molar-refractivity contribution in [3.63, 3.8) is 0 Å². The highest BCUT2D eigenvalue weighted by Crippen LogP contribution is 2.32. The van der Waals surface area contributed by atoms with Gasteiger partial charge in [0, 0.05) is 6.54 Å². The SMILES string of the molecule is C=CCn1cnc2cc(C(=O)OC)c(Nc3ccc(C)cc3F)c(F)c21. The van der Waals surface area contributed by atoms with E-state index < -0.39 is 17.6 Å². The quantitative estimate of drug-likeness (QED) is 0.545. The molecule has 1 aromatic heterocycles. The number of esters is 1. The highest BCUT2D eigenvalue weighted by atomic mass is 19.1. The van der Waals surface area contributed by atoms with Crippen molar-refractivity contribution < 1.29 is 18.3 Å². The zero-order valence-electron chi connectivity index (χ0n) is 14.3. The fourth-order valence-electron chi connectivity index (χ4n) is 2.71. The molecule has 0 atom stereocenters. The van der Waals surface area contributed by atoms with E-state index in [1.54, 1.807) is 23.6 Å². The number of nitrogens with one attached hydrogen (secondary N) is 1. The molecular formula is C19H17F2N3O2. The van der Waals surface area contributed by atoms with Crippen LogP contribution in [0.4, 0.5) is 20.2 Å². The summed E-state index contributed by atoms with van der Waals surface area (Å²) < 4.78 is 35.7. The summed E-state index contributed by atoms with van der Waals surface area (Å²) in [6, 6.07) is 5.90. The summed E-state index contributed by atoms with van der Waals surface area (Å²) >= 11 is 0. The van der Waals surface area contributed by atoms with Gasteiger partial charge in [-0.15, -0.1) is 6.58 Å². The highest BCUT2D eigenvalue weighted by molar-refractivity contribution is 6.01. The molecule has 3 rings (SSSR count). The first-order valence-electron chi connectivity index (χ1n) is 7.86. The van der Waals surface area contributed by atoms with Crippen molar-refractivity contribution in [3.8, 4) is 0 Å². The van der Waals surface area contributed by atoms with Gasteiger partial charge in [-0.25, -0.2) is 18.6 Å². The van der Waals surface area contributed by atoms with E-state index in [1.807, 2.05) is 0 Å². The first-order chi connectivity index (χ1) is 12.5. The molecule has 0 fully saturated rings. The molecule has 0 unspecified atom stereocenters. The number of allylic oxidation sites excluding steroid dienone is 1. The zero-order valence-corrected chi connectivity index (χ0v) is 14.3. The van der Waals surface area contributed by atoms with E-state index >= 15 is 4.39 Å². The van der Waals surface area contributed by atoms with Gasteiger partial charge < -0.3 is 14.6 Å². The minimum absolute atomic E-state index is 0.0498. The number of ether oxygens (including phenoxy) is 1. The third-order valence-electron chi connectivity index (χ3n) is 3.96. The summed E-state index contributed by atoms with van der Waals surface area (Å²) in [7, 11) is 1.19. The van der Waals surface area contributed by atoms with Gasteiger partial charge in [-0.2, -0.15) is 0 Å². The number of imidazole rings is 1. The van der Waals surface area contributed by atoms with Crippen molar-refractivity contribution in [1.82, 2.24) is 9.55 Å². The molecule has 5 nitrogen and oxygen atoms in total. The lowest BCUT2D eigenvalue weighted by Crippen LogP contribution is -2.09. The molecule has 134 valence electrons. The number of benzene rings is 2. The van der Waals surface area contributed by atoms with Crippen molar-refractivity contribution in [2.45, 2.75) is 13.5 Å². The minimum Gasteiger partial charge on any atom is -0.465 e. The first-order valence-corrected chi connectivity index (χ1v) is 7.86. The second kappa shape index (κ2) is 6.95. The van der Waals surface area contributed by atoms with Crippen molar-refractivity contribution in [2.24, 2.45) is 0 Å². The fraction of sp³-hybridized carbons (Fsp3) is 0.158. The summed E-state index contributed by atoms with van der Waals surface area (Å²) in [4.78, 5) is 16.2. The van der Waals surface area contributed by atoms with Gasteiger partial charge in [0.1, 0.15) is 11.3 Å². The molecule has 3 aromatic rings. The maximum absolute atomic E-state index is 15.3. The van der Waals surface area contributed by atoms with Crippen LogP contribution in [0.15, 0.2) is 43.2 Å². The summed E-state index contributed by atoms with van der Waals surface area (Å²) in [5, 5.41) is 2.69. The molecule has 26 heavy (non-hydrogen) atoms. The number of hydrogen-bond acceptors (Lipinski definition) is 4. The van der Waals surface area contributed by atoms with E-state index in [0.29, 0.717) is 12.1 Å². The highest BCUT2D eigenvalue weighted by Gasteiger charge is 2.23. The Morgan fingerprint density at radius 2 is 2.15 bits per heavy atom. The number of rotatable bonds is 5. The lowest BCUT2D eigenvalue weighted by Gasteiger charge is -2.14. The molecule has 0 radical (unpaired) electrons. The Hall–Kier alpha value is -3.22. The predicted molar refractivity (Wildman–Crippen MR) is 95.6 cm³/mol. The topological polar surface area (TPSA) is 56.2 Å². The molecule has 2 aromatic carbocycles. The van der Waals surface area contributed by atoms with Gasteiger partial charge in [-0.1, -0.05) is 12.1 Å². The Balaban J connectivity index is 2.22. The van der Waals surface area contributed by atoms with Gasteiger partial charge in [0.15, 0.2) is 5.82 Å². The summed E-state index contributed by atoms with van der Waals surface area (Å²) in [5.41, 5.74) is 1.02. The number of carbonyl (C=O) groups excluding carboxylic acids is 1. The van der Waals surface area contributed by atoms with Gasteiger partial charge in [-0.3, -0.25) is 0 Å². The molecule has 1 N–H and O–H groups in total. The van der Waals surface area contributed by atoms with Crippen LogP contribution in [0, 0.1) is 18.6 Å². The van der Waals surface area contributed by atoms with Crippen LogP contribution in [-0.4, -0.2) is 22.6 Å². The number of hydrogen-bond donors (Lipinski definition) is 1. The second-order valence-corrected chi connectivity index (χ2v) is 5.77. The maximum Gasteiger partial charge on any atom is 0.340 e. The summed E-state index contributed by atoms with van der Waals surface area (Å²) in [6.07, 6.45) is 3.05. The third-order valence-corrected chi connectivity index (χ3v) is 3.96. The van der Waals surface area contributed by atoms with E-state index in [0.717, 1.165) is 5.56 Å². The lowest BCUT2D eigenvalue weighted by molar-refractivity contribution is 0.0601. The largest absolute Gasteiger partial charge is 0.465 e. The number of methoxy groups -OCH3 is 1. The van der Waals surface area contributed by atoms with Crippen molar-refractivity contribution in [2.75, 3.05) is 12.4 Å². The summed E-state index contributed by atoms with van der Waals surface area (Å²) in [5.74, 6) is -2.03. The van der Waals surface area contributed by atoms with Crippen LogP contribution >= 0.6 is 0 Å². The number of carbonyl (C=O) groups is 1. The molecule has 0 bridgehead atoms. The van der Waals surface area contributed by atoms with E-state index in [-0.39, 0.29) is 22.5 Å². The van der Waals surface area contributed by atoms with Crippen LogP contribution in [0.2, 0.25) is 0 Å². The molecule has 0 spiro atoms. The number of nitrogens with zero attached hydrogens (tertiary/aromatic N) is 2. The van der Waals surface area contributed by atoms with Crippen LogP contribution in [0.5, 0.6) is 0 Å².